The molecule has 0 amide bonds. The summed E-state index contributed by atoms with van der Waals surface area (Å²) in [5.41, 5.74) is 4.29. The average Bonchev–Trinajstić information content (AvgIpc) is 2.71. The van der Waals surface area contributed by atoms with Crippen molar-refractivity contribution in [1.82, 2.24) is 19.9 Å². The third-order valence-corrected chi connectivity index (χ3v) is 6.22. The van der Waals surface area contributed by atoms with E-state index in [9.17, 15) is 10.0 Å². The maximum atomic E-state index is 12.7. The van der Waals surface area contributed by atoms with Crippen molar-refractivity contribution in [3.63, 3.8) is 0 Å². The molecule has 0 atom stereocenters. The molecule has 0 saturated heterocycles. The Hall–Kier alpha value is -2.20. The maximum Gasteiger partial charge on any atom is 0.257 e. The fourth-order valence-corrected chi connectivity index (χ4v) is 4.50. The van der Waals surface area contributed by atoms with E-state index < -0.39 is 0 Å². The van der Waals surface area contributed by atoms with E-state index in [0.29, 0.717) is 23.9 Å². The van der Waals surface area contributed by atoms with E-state index in [2.05, 4.69) is 28.2 Å². The Kier molecular flexibility index (Phi) is 8.25. The topological polar surface area (TPSA) is 103 Å². The fourth-order valence-electron chi connectivity index (χ4n) is 3.71. The van der Waals surface area contributed by atoms with Crippen LogP contribution < -0.4 is 10.9 Å². The van der Waals surface area contributed by atoms with Gasteiger partial charge in [-0.2, -0.15) is 0 Å². The molecule has 4 bridgehead atoms. The minimum atomic E-state index is -0.301. The van der Waals surface area contributed by atoms with Crippen LogP contribution in [0.15, 0.2) is 23.2 Å². The molecule has 0 unspecified atom stereocenters. The van der Waals surface area contributed by atoms with Crippen LogP contribution in [0.25, 0.3) is 11.3 Å². The Morgan fingerprint density at radius 3 is 2.84 bits per heavy atom. The number of nitrogens with zero attached hydrogens (tertiary/aromatic N) is 3. The van der Waals surface area contributed by atoms with Crippen LogP contribution in [0, 0.1) is 19.3 Å². The molecule has 0 spiro atoms. The number of methoxy groups -OCH3 is 1. The number of ether oxygens (including phenoxy) is 1. The minimum absolute atomic E-state index is 0.0452. The van der Waals surface area contributed by atoms with Crippen LogP contribution in [0.3, 0.4) is 0 Å². The molecule has 8 nitrogen and oxygen atoms in total. The predicted octanol–water partition coefficient (Wildman–Crippen LogP) is 2.33. The van der Waals surface area contributed by atoms with E-state index >= 15 is 0 Å². The Morgan fingerprint density at radius 1 is 1.26 bits per heavy atom. The molecule has 1 aromatic heterocycles. The molecule has 3 rings (SSSR count). The van der Waals surface area contributed by atoms with Crippen LogP contribution in [0.4, 0.5) is 0 Å². The first kappa shape index (κ1) is 23.5. The van der Waals surface area contributed by atoms with Crippen LogP contribution in [0.1, 0.15) is 29.5 Å². The molecule has 2 aromatic rings. The van der Waals surface area contributed by atoms with Crippen molar-refractivity contribution in [2.75, 3.05) is 39.9 Å². The number of carbonyl (C=O) groups is 1. The van der Waals surface area contributed by atoms with E-state index in [1.54, 1.807) is 13.2 Å². The van der Waals surface area contributed by atoms with Gasteiger partial charge in [0.15, 0.2) is 0 Å². The van der Waals surface area contributed by atoms with Gasteiger partial charge in [0.05, 0.1) is 18.8 Å². The smallest absolute Gasteiger partial charge is 0.257 e. The van der Waals surface area contributed by atoms with Gasteiger partial charge in [0, 0.05) is 25.8 Å². The van der Waals surface area contributed by atoms with E-state index in [0.717, 1.165) is 65.7 Å². The number of aromatic nitrogens is 2. The summed E-state index contributed by atoms with van der Waals surface area (Å²) in [6.07, 6.45) is 2.00. The second-order valence-electron chi connectivity index (χ2n) is 7.84. The number of fused-ring (bicyclic) bond motifs is 5. The van der Waals surface area contributed by atoms with Crippen LogP contribution in [-0.4, -0.2) is 64.8 Å². The SMILES string of the molecule is COCCN1CCCCNCc2cc(c(C)cc2C)-c2cc(nc(=N)n2O)SC(=O)C1. The minimum Gasteiger partial charge on any atom is -0.425 e. The normalized spacial score (nSPS) is 16.4. The number of thioether (sulfide) groups is 1. The summed E-state index contributed by atoms with van der Waals surface area (Å²) >= 11 is 1.01. The first-order valence-electron chi connectivity index (χ1n) is 10.5. The number of hydrogen-bond acceptors (Lipinski definition) is 8. The highest BCUT2D eigenvalue weighted by Gasteiger charge is 2.17. The standard InChI is InChI=1S/C22H31N5O3S/c1-15-10-16(2)18-11-17(15)13-24-6-4-5-7-26(8-9-30-3)14-21(28)31-20-12-19(18)27(29)22(23)25-20/h10-12,23-24,29H,4-9,13-14H2,1-3H3. The van der Waals surface area contributed by atoms with Crippen LogP contribution in [0.2, 0.25) is 0 Å². The quantitative estimate of drug-likeness (QED) is 0.492. The molecule has 168 valence electrons. The van der Waals surface area contributed by atoms with Crippen LogP contribution in [-0.2, 0) is 16.1 Å². The lowest BCUT2D eigenvalue weighted by Crippen LogP contribution is -2.33. The van der Waals surface area contributed by atoms with Gasteiger partial charge in [-0.25, -0.2) is 4.98 Å². The molecular weight excluding hydrogens is 414 g/mol. The molecule has 2 heterocycles. The van der Waals surface area contributed by atoms with Crippen LogP contribution in [0.5, 0.6) is 0 Å². The molecular formula is C22H31N5O3S. The molecule has 0 aliphatic carbocycles. The predicted molar refractivity (Wildman–Crippen MR) is 120 cm³/mol. The third-order valence-electron chi connectivity index (χ3n) is 5.44. The Bertz CT molecular complexity index is 992. The van der Waals surface area contributed by atoms with Crippen LogP contribution >= 0.6 is 11.8 Å². The number of rotatable bonds is 3. The molecule has 0 radical (unpaired) electrons. The summed E-state index contributed by atoms with van der Waals surface area (Å²) < 4.78 is 5.97. The Morgan fingerprint density at radius 2 is 2.06 bits per heavy atom. The molecule has 1 aromatic carbocycles. The van der Waals surface area contributed by atoms with Crippen molar-refractivity contribution >= 4 is 16.9 Å². The van der Waals surface area contributed by atoms with Gasteiger partial charge in [-0.1, -0.05) is 6.07 Å². The van der Waals surface area contributed by atoms with Gasteiger partial charge >= 0.3 is 0 Å². The van der Waals surface area contributed by atoms with Crippen molar-refractivity contribution < 1.29 is 14.7 Å². The van der Waals surface area contributed by atoms with Crippen molar-refractivity contribution in [3.8, 4) is 11.3 Å². The fraction of sp³-hybridized carbons (Fsp3) is 0.500. The molecule has 1 aliphatic heterocycles. The number of carbonyl (C=O) groups excluding carboxylic acids is 1. The lowest BCUT2D eigenvalue weighted by atomic mass is 9.97. The zero-order chi connectivity index (χ0) is 22.4. The maximum absolute atomic E-state index is 12.7. The highest BCUT2D eigenvalue weighted by molar-refractivity contribution is 8.13. The number of aryl methyl sites for hydroxylation is 2. The molecule has 0 saturated carbocycles. The highest BCUT2D eigenvalue weighted by atomic mass is 32.2. The summed E-state index contributed by atoms with van der Waals surface area (Å²) in [6, 6.07) is 5.82. The first-order valence-corrected chi connectivity index (χ1v) is 11.3. The number of hydrogen-bond donors (Lipinski definition) is 3. The Labute approximate surface area is 187 Å². The van der Waals surface area contributed by atoms with Gasteiger partial charge in [0.1, 0.15) is 5.03 Å². The zero-order valence-electron chi connectivity index (χ0n) is 18.4. The van der Waals surface area contributed by atoms with Gasteiger partial charge in [-0.3, -0.25) is 15.1 Å². The summed E-state index contributed by atoms with van der Waals surface area (Å²) in [6.45, 7) is 8.04. The molecule has 1 aliphatic rings. The zero-order valence-corrected chi connectivity index (χ0v) is 19.2. The van der Waals surface area contributed by atoms with Crippen molar-refractivity contribution in [1.29, 1.82) is 5.41 Å². The molecule has 3 N–H and O–H groups in total. The van der Waals surface area contributed by atoms with Crippen molar-refractivity contribution in [2.45, 2.75) is 38.3 Å². The van der Waals surface area contributed by atoms with E-state index in [1.807, 2.05) is 13.0 Å². The van der Waals surface area contributed by atoms with Crippen molar-refractivity contribution in [3.05, 3.63) is 40.5 Å². The first-order chi connectivity index (χ1) is 14.9. The van der Waals surface area contributed by atoms with Gasteiger partial charge < -0.3 is 15.3 Å². The molecule has 31 heavy (non-hydrogen) atoms. The number of nitrogens with one attached hydrogen (secondary N) is 2. The van der Waals surface area contributed by atoms with Crippen molar-refractivity contribution in [2.24, 2.45) is 0 Å². The van der Waals surface area contributed by atoms with Gasteiger partial charge in [0.25, 0.3) is 5.62 Å². The summed E-state index contributed by atoms with van der Waals surface area (Å²) in [4.78, 5) is 18.9. The van der Waals surface area contributed by atoms with Gasteiger partial charge in [0.2, 0.25) is 5.12 Å². The second-order valence-corrected chi connectivity index (χ2v) is 8.91. The summed E-state index contributed by atoms with van der Waals surface area (Å²) in [5.74, 6) is 0. The molecule has 9 heteroatoms. The van der Waals surface area contributed by atoms with Gasteiger partial charge in [-0.15, -0.1) is 4.73 Å². The highest BCUT2D eigenvalue weighted by Crippen LogP contribution is 2.28. The monoisotopic (exact) mass is 445 g/mol. The van der Waals surface area contributed by atoms with E-state index in [1.165, 1.54) is 5.56 Å². The summed E-state index contributed by atoms with van der Waals surface area (Å²) in [5, 5.41) is 22.5. The number of benzene rings is 1. The Balaban J connectivity index is 1.99. The lowest BCUT2D eigenvalue weighted by Gasteiger charge is -2.21. The summed E-state index contributed by atoms with van der Waals surface area (Å²) in [7, 11) is 1.66. The van der Waals surface area contributed by atoms with Gasteiger partial charge in [-0.05, 0) is 80.4 Å². The lowest BCUT2D eigenvalue weighted by molar-refractivity contribution is -0.112. The largest absolute Gasteiger partial charge is 0.425 e. The average molecular weight is 446 g/mol. The third kappa shape index (κ3) is 6.16. The molecule has 0 fully saturated rings. The van der Waals surface area contributed by atoms with E-state index in [4.69, 9.17) is 10.1 Å². The second kappa shape index (κ2) is 10.9. The van der Waals surface area contributed by atoms with E-state index in [-0.39, 0.29) is 17.3 Å².